The van der Waals surface area contributed by atoms with Crippen molar-refractivity contribution in [2.75, 3.05) is 6.61 Å². The van der Waals surface area contributed by atoms with Gasteiger partial charge in [0, 0.05) is 6.61 Å². The Morgan fingerprint density at radius 2 is 2.06 bits per heavy atom. The average molecular weight is 229 g/mol. The molecule has 0 aliphatic carbocycles. The Kier molecular flexibility index (Phi) is 3.91. The van der Waals surface area contributed by atoms with Gasteiger partial charge in [-0.3, -0.25) is 4.79 Å². The molecule has 1 rings (SSSR count). The van der Waals surface area contributed by atoms with Crippen molar-refractivity contribution in [3.8, 4) is 0 Å². The first-order chi connectivity index (χ1) is 7.37. The molecular formula is C11H19NO4. The summed E-state index contributed by atoms with van der Waals surface area (Å²) in [5.74, 6) is -1.48. The number of carboxylic acids is 1. The summed E-state index contributed by atoms with van der Waals surface area (Å²) < 4.78 is 5.36. The zero-order valence-electron chi connectivity index (χ0n) is 9.95. The molecule has 5 heteroatoms. The smallest absolute Gasteiger partial charge is 0.326 e. The number of carbonyl (C=O) groups excluding carboxylic acids is 1. The van der Waals surface area contributed by atoms with Crippen LogP contribution in [0.1, 0.15) is 33.6 Å². The first-order valence-electron chi connectivity index (χ1n) is 5.54. The van der Waals surface area contributed by atoms with Gasteiger partial charge in [0.05, 0.1) is 0 Å². The summed E-state index contributed by atoms with van der Waals surface area (Å²) in [7, 11) is 0. The van der Waals surface area contributed by atoms with Crippen molar-refractivity contribution in [2.45, 2.75) is 45.3 Å². The quantitative estimate of drug-likeness (QED) is 0.747. The standard InChI is InChI=1S/C11H19NO4/c1-7(2)8(9(13)14)12-10(15)11(3)5-4-6-16-11/h7-8H,4-6H2,1-3H3,(H,12,15)(H,13,14)/t8-,11?/m0/s1. The molecule has 0 aromatic rings. The number of amides is 1. The second kappa shape index (κ2) is 4.82. The van der Waals surface area contributed by atoms with Crippen LogP contribution in [0.4, 0.5) is 0 Å². The predicted molar refractivity (Wildman–Crippen MR) is 58.0 cm³/mol. The lowest BCUT2D eigenvalue weighted by molar-refractivity contribution is -0.148. The van der Waals surface area contributed by atoms with E-state index in [0.29, 0.717) is 13.0 Å². The summed E-state index contributed by atoms with van der Waals surface area (Å²) in [6.07, 6.45) is 1.48. The van der Waals surface area contributed by atoms with Crippen molar-refractivity contribution >= 4 is 11.9 Å². The number of hydrogen-bond acceptors (Lipinski definition) is 3. The molecule has 1 amide bonds. The van der Waals surface area contributed by atoms with Crippen LogP contribution in [0.5, 0.6) is 0 Å². The molecule has 0 radical (unpaired) electrons. The number of nitrogens with one attached hydrogen (secondary N) is 1. The molecule has 0 saturated carbocycles. The molecule has 0 bridgehead atoms. The average Bonchev–Trinajstić information content (AvgIpc) is 2.61. The lowest BCUT2D eigenvalue weighted by atomic mass is 9.99. The highest BCUT2D eigenvalue weighted by Gasteiger charge is 2.39. The molecule has 1 aliphatic rings. The molecule has 0 aromatic heterocycles. The van der Waals surface area contributed by atoms with Crippen LogP contribution >= 0.6 is 0 Å². The molecule has 1 fully saturated rings. The van der Waals surface area contributed by atoms with Gasteiger partial charge in [0.2, 0.25) is 0 Å². The van der Waals surface area contributed by atoms with Gasteiger partial charge in [-0.2, -0.15) is 0 Å². The third-order valence-corrected chi connectivity index (χ3v) is 2.92. The van der Waals surface area contributed by atoms with Gasteiger partial charge in [0.1, 0.15) is 11.6 Å². The minimum atomic E-state index is -1.01. The van der Waals surface area contributed by atoms with Gasteiger partial charge in [0.25, 0.3) is 5.91 Å². The van der Waals surface area contributed by atoms with E-state index in [2.05, 4.69) is 5.32 Å². The minimum Gasteiger partial charge on any atom is -0.480 e. The fourth-order valence-corrected chi connectivity index (χ4v) is 1.77. The van der Waals surface area contributed by atoms with Crippen LogP contribution in [0.3, 0.4) is 0 Å². The summed E-state index contributed by atoms with van der Waals surface area (Å²) in [4.78, 5) is 22.8. The van der Waals surface area contributed by atoms with E-state index in [0.717, 1.165) is 6.42 Å². The van der Waals surface area contributed by atoms with E-state index in [4.69, 9.17) is 9.84 Å². The van der Waals surface area contributed by atoms with Gasteiger partial charge >= 0.3 is 5.97 Å². The van der Waals surface area contributed by atoms with Crippen molar-refractivity contribution < 1.29 is 19.4 Å². The second-order valence-electron chi connectivity index (χ2n) is 4.72. The third-order valence-electron chi connectivity index (χ3n) is 2.92. The Balaban J connectivity index is 2.65. The highest BCUT2D eigenvalue weighted by atomic mass is 16.5. The van der Waals surface area contributed by atoms with Crippen LogP contribution in [-0.2, 0) is 14.3 Å². The van der Waals surface area contributed by atoms with Gasteiger partial charge in [-0.05, 0) is 25.7 Å². The van der Waals surface area contributed by atoms with Crippen LogP contribution < -0.4 is 5.32 Å². The van der Waals surface area contributed by atoms with E-state index in [1.165, 1.54) is 0 Å². The van der Waals surface area contributed by atoms with Crippen LogP contribution in [0.15, 0.2) is 0 Å². The van der Waals surface area contributed by atoms with E-state index < -0.39 is 17.6 Å². The number of rotatable bonds is 4. The van der Waals surface area contributed by atoms with Crippen molar-refractivity contribution in [2.24, 2.45) is 5.92 Å². The molecule has 1 saturated heterocycles. The fourth-order valence-electron chi connectivity index (χ4n) is 1.77. The van der Waals surface area contributed by atoms with Crippen molar-refractivity contribution in [1.82, 2.24) is 5.32 Å². The summed E-state index contributed by atoms with van der Waals surface area (Å²) >= 11 is 0. The lowest BCUT2D eigenvalue weighted by Crippen LogP contribution is -2.52. The van der Waals surface area contributed by atoms with Crippen molar-refractivity contribution in [3.05, 3.63) is 0 Å². The SMILES string of the molecule is CC(C)[C@H](NC(=O)C1(C)CCCO1)C(=O)O. The first kappa shape index (κ1) is 13.0. The molecule has 2 N–H and O–H groups in total. The third kappa shape index (κ3) is 2.72. The van der Waals surface area contributed by atoms with E-state index in [1.807, 2.05) is 0 Å². The number of hydrogen-bond donors (Lipinski definition) is 2. The number of carbonyl (C=O) groups is 2. The van der Waals surface area contributed by atoms with E-state index in [1.54, 1.807) is 20.8 Å². The number of carboxylic acid groups (broad SMARTS) is 1. The van der Waals surface area contributed by atoms with Crippen LogP contribution in [0.2, 0.25) is 0 Å². The van der Waals surface area contributed by atoms with Crippen molar-refractivity contribution in [1.29, 1.82) is 0 Å². The largest absolute Gasteiger partial charge is 0.480 e. The Hall–Kier alpha value is -1.10. The zero-order valence-corrected chi connectivity index (χ0v) is 9.95. The maximum Gasteiger partial charge on any atom is 0.326 e. The number of aliphatic carboxylic acids is 1. The highest BCUT2D eigenvalue weighted by molar-refractivity contribution is 5.89. The van der Waals surface area contributed by atoms with Crippen molar-refractivity contribution in [3.63, 3.8) is 0 Å². The molecule has 1 unspecified atom stereocenters. The maximum absolute atomic E-state index is 11.9. The molecule has 5 nitrogen and oxygen atoms in total. The minimum absolute atomic E-state index is 0.147. The van der Waals surface area contributed by atoms with E-state index in [-0.39, 0.29) is 11.8 Å². The highest BCUT2D eigenvalue weighted by Crippen LogP contribution is 2.25. The molecule has 16 heavy (non-hydrogen) atoms. The van der Waals surface area contributed by atoms with Gasteiger partial charge in [-0.25, -0.2) is 4.79 Å². The molecule has 92 valence electrons. The molecule has 2 atom stereocenters. The van der Waals surface area contributed by atoms with Crippen LogP contribution in [0, 0.1) is 5.92 Å². The Morgan fingerprint density at radius 3 is 2.44 bits per heavy atom. The maximum atomic E-state index is 11.9. The summed E-state index contributed by atoms with van der Waals surface area (Å²) in [5, 5.41) is 11.5. The summed E-state index contributed by atoms with van der Waals surface area (Å²) in [5.41, 5.74) is -0.859. The fraction of sp³-hybridized carbons (Fsp3) is 0.818. The normalized spacial score (nSPS) is 26.8. The first-order valence-corrected chi connectivity index (χ1v) is 5.54. The molecule has 0 aromatic carbocycles. The molecular weight excluding hydrogens is 210 g/mol. The Bertz CT molecular complexity index is 282. The topological polar surface area (TPSA) is 75.6 Å². The second-order valence-corrected chi connectivity index (χ2v) is 4.72. The Morgan fingerprint density at radius 1 is 1.44 bits per heavy atom. The van der Waals surface area contributed by atoms with E-state index in [9.17, 15) is 9.59 Å². The molecule has 1 heterocycles. The molecule has 1 aliphatic heterocycles. The predicted octanol–water partition coefficient (Wildman–Crippen LogP) is 0.781. The van der Waals surface area contributed by atoms with Crippen LogP contribution in [0.25, 0.3) is 0 Å². The monoisotopic (exact) mass is 229 g/mol. The Labute approximate surface area is 95.2 Å². The summed E-state index contributed by atoms with van der Waals surface area (Å²) in [6, 6.07) is -0.853. The van der Waals surface area contributed by atoms with E-state index >= 15 is 0 Å². The molecule has 0 spiro atoms. The van der Waals surface area contributed by atoms with Gasteiger partial charge in [-0.1, -0.05) is 13.8 Å². The zero-order chi connectivity index (χ0) is 12.3. The summed E-state index contributed by atoms with van der Waals surface area (Å²) in [6.45, 7) is 5.78. The van der Waals surface area contributed by atoms with Gasteiger partial charge in [0.15, 0.2) is 0 Å². The number of ether oxygens (including phenoxy) is 1. The van der Waals surface area contributed by atoms with Gasteiger partial charge < -0.3 is 15.2 Å². The van der Waals surface area contributed by atoms with Gasteiger partial charge in [-0.15, -0.1) is 0 Å². The van der Waals surface area contributed by atoms with Crippen LogP contribution in [-0.4, -0.2) is 35.2 Å². The lowest BCUT2D eigenvalue weighted by Gasteiger charge is -2.26.